The van der Waals surface area contributed by atoms with E-state index >= 15 is 0 Å². The number of sulfone groups is 1. The molecule has 0 aliphatic heterocycles. The van der Waals surface area contributed by atoms with Gasteiger partial charge in [-0.1, -0.05) is 12.1 Å². The second kappa shape index (κ2) is 3.79. The molecule has 0 atom stereocenters. The molecule has 0 heterocycles. The highest BCUT2D eigenvalue weighted by Gasteiger charge is 2.02. The summed E-state index contributed by atoms with van der Waals surface area (Å²) in [7, 11) is -2.88. The number of rotatable bonds is 3. The van der Waals surface area contributed by atoms with Crippen molar-refractivity contribution in [2.75, 3.05) is 17.7 Å². The Bertz CT molecular complexity index is 384. The molecule has 3 nitrogen and oxygen atoms in total. The number of hydrogen-bond acceptors (Lipinski definition) is 3. The lowest BCUT2D eigenvalue weighted by Crippen LogP contribution is -2.05. The molecule has 0 unspecified atom stereocenters. The molecule has 0 amide bonds. The molecule has 0 spiro atoms. The fourth-order valence-corrected chi connectivity index (χ4v) is 1.66. The molecule has 0 saturated carbocycles. The summed E-state index contributed by atoms with van der Waals surface area (Å²) in [6.07, 6.45) is 1.77. The Kier molecular flexibility index (Phi) is 2.93. The van der Waals surface area contributed by atoms with Crippen LogP contribution in [0.2, 0.25) is 0 Å². The summed E-state index contributed by atoms with van der Waals surface area (Å²) in [6.45, 7) is 0. The summed E-state index contributed by atoms with van der Waals surface area (Å²) in [5, 5.41) is 0. The highest BCUT2D eigenvalue weighted by atomic mass is 32.2. The number of nitrogens with two attached hydrogens (primary N) is 1. The van der Waals surface area contributed by atoms with Gasteiger partial charge in [0.2, 0.25) is 0 Å². The quantitative estimate of drug-likeness (QED) is 0.734. The molecular formula is C9H13NO2S. The van der Waals surface area contributed by atoms with Crippen LogP contribution in [0.3, 0.4) is 0 Å². The molecule has 2 N–H and O–H groups in total. The number of benzene rings is 1. The van der Waals surface area contributed by atoms with Gasteiger partial charge in [0.1, 0.15) is 9.84 Å². The molecule has 0 saturated heterocycles. The van der Waals surface area contributed by atoms with Crippen LogP contribution in [0.25, 0.3) is 0 Å². The predicted octanol–water partition coefficient (Wildman–Crippen LogP) is 0.856. The van der Waals surface area contributed by atoms with Crippen molar-refractivity contribution < 1.29 is 8.42 Å². The number of anilines is 1. The lowest BCUT2D eigenvalue weighted by atomic mass is 10.1. The Morgan fingerprint density at radius 1 is 1.38 bits per heavy atom. The van der Waals surface area contributed by atoms with Crippen LogP contribution in [-0.4, -0.2) is 20.4 Å². The van der Waals surface area contributed by atoms with Gasteiger partial charge >= 0.3 is 0 Å². The highest BCUT2D eigenvalue weighted by molar-refractivity contribution is 7.90. The smallest absolute Gasteiger partial charge is 0.147 e. The van der Waals surface area contributed by atoms with Gasteiger partial charge in [0.05, 0.1) is 5.75 Å². The van der Waals surface area contributed by atoms with Crippen molar-refractivity contribution >= 4 is 15.5 Å². The minimum Gasteiger partial charge on any atom is -0.399 e. The molecule has 13 heavy (non-hydrogen) atoms. The Hall–Kier alpha value is -1.03. The third-order valence-electron chi connectivity index (χ3n) is 1.71. The normalized spacial score (nSPS) is 11.5. The maximum Gasteiger partial charge on any atom is 0.147 e. The largest absolute Gasteiger partial charge is 0.399 e. The summed E-state index contributed by atoms with van der Waals surface area (Å²) in [5.41, 5.74) is 7.18. The third kappa shape index (κ3) is 3.94. The lowest BCUT2D eigenvalue weighted by Gasteiger charge is -2.00. The van der Waals surface area contributed by atoms with E-state index in [1.54, 1.807) is 12.1 Å². The van der Waals surface area contributed by atoms with Crippen LogP contribution in [0.1, 0.15) is 5.56 Å². The van der Waals surface area contributed by atoms with Gasteiger partial charge in [0, 0.05) is 11.9 Å². The van der Waals surface area contributed by atoms with E-state index in [4.69, 9.17) is 5.73 Å². The van der Waals surface area contributed by atoms with Crippen molar-refractivity contribution in [1.82, 2.24) is 0 Å². The fourth-order valence-electron chi connectivity index (χ4n) is 1.05. The number of nitrogen functional groups attached to an aromatic ring is 1. The van der Waals surface area contributed by atoms with E-state index in [9.17, 15) is 8.42 Å². The average molecular weight is 199 g/mol. The van der Waals surface area contributed by atoms with E-state index in [0.717, 1.165) is 5.56 Å². The minimum atomic E-state index is -2.88. The van der Waals surface area contributed by atoms with Crippen molar-refractivity contribution in [2.24, 2.45) is 0 Å². The third-order valence-corrected chi connectivity index (χ3v) is 2.66. The second-order valence-corrected chi connectivity index (χ2v) is 5.38. The first kappa shape index (κ1) is 10.1. The van der Waals surface area contributed by atoms with Crippen molar-refractivity contribution in [3.8, 4) is 0 Å². The van der Waals surface area contributed by atoms with Crippen LogP contribution in [0.4, 0.5) is 5.69 Å². The standard InChI is InChI=1S/C9H13NO2S/c1-13(11,12)6-5-8-3-2-4-9(10)7-8/h2-4,7H,5-6,10H2,1H3. The van der Waals surface area contributed by atoms with Crippen LogP contribution in [0.15, 0.2) is 24.3 Å². The molecule has 0 bridgehead atoms. The zero-order valence-electron chi connectivity index (χ0n) is 7.53. The van der Waals surface area contributed by atoms with Gasteiger partial charge in [-0.25, -0.2) is 8.42 Å². The van der Waals surface area contributed by atoms with E-state index in [2.05, 4.69) is 0 Å². The molecule has 0 aliphatic rings. The minimum absolute atomic E-state index is 0.177. The van der Waals surface area contributed by atoms with Crippen LogP contribution in [-0.2, 0) is 16.3 Å². The predicted molar refractivity (Wildman–Crippen MR) is 54.3 cm³/mol. The first-order chi connectivity index (χ1) is 5.97. The first-order valence-electron chi connectivity index (χ1n) is 3.99. The molecule has 0 fully saturated rings. The van der Waals surface area contributed by atoms with Gasteiger partial charge in [0.25, 0.3) is 0 Å². The van der Waals surface area contributed by atoms with Crippen LogP contribution < -0.4 is 5.73 Å². The molecule has 1 aromatic carbocycles. The second-order valence-electron chi connectivity index (χ2n) is 3.12. The molecule has 72 valence electrons. The molecule has 0 aliphatic carbocycles. The van der Waals surface area contributed by atoms with Gasteiger partial charge < -0.3 is 5.73 Å². The summed E-state index contributed by atoms with van der Waals surface area (Å²) in [6, 6.07) is 7.28. The highest BCUT2D eigenvalue weighted by Crippen LogP contribution is 2.07. The SMILES string of the molecule is CS(=O)(=O)CCc1cccc(N)c1. The molecular weight excluding hydrogens is 186 g/mol. The zero-order chi connectivity index (χ0) is 9.90. The van der Waals surface area contributed by atoms with E-state index in [1.807, 2.05) is 12.1 Å². The Labute approximate surface area is 78.5 Å². The Morgan fingerprint density at radius 3 is 2.62 bits per heavy atom. The number of aryl methyl sites for hydroxylation is 1. The zero-order valence-corrected chi connectivity index (χ0v) is 8.34. The topological polar surface area (TPSA) is 60.2 Å². The van der Waals surface area contributed by atoms with Gasteiger partial charge in [-0.05, 0) is 24.1 Å². The Balaban J connectivity index is 2.65. The molecule has 4 heteroatoms. The van der Waals surface area contributed by atoms with Crippen LogP contribution >= 0.6 is 0 Å². The maximum absolute atomic E-state index is 10.9. The summed E-state index contributed by atoms with van der Waals surface area (Å²) in [4.78, 5) is 0. The van der Waals surface area contributed by atoms with Crippen molar-refractivity contribution in [3.63, 3.8) is 0 Å². The molecule has 0 radical (unpaired) electrons. The van der Waals surface area contributed by atoms with Crippen LogP contribution in [0, 0.1) is 0 Å². The van der Waals surface area contributed by atoms with Gasteiger partial charge in [-0.2, -0.15) is 0 Å². The first-order valence-corrected chi connectivity index (χ1v) is 6.05. The number of hydrogen-bond donors (Lipinski definition) is 1. The molecule has 0 aromatic heterocycles. The summed E-state index contributed by atoms with van der Waals surface area (Å²) >= 11 is 0. The summed E-state index contributed by atoms with van der Waals surface area (Å²) < 4.78 is 21.7. The maximum atomic E-state index is 10.9. The van der Waals surface area contributed by atoms with Crippen molar-refractivity contribution in [3.05, 3.63) is 29.8 Å². The van der Waals surface area contributed by atoms with Gasteiger partial charge in [0.15, 0.2) is 0 Å². The van der Waals surface area contributed by atoms with Crippen LogP contribution in [0.5, 0.6) is 0 Å². The monoisotopic (exact) mass is 199 g/mol. The molecule has 1 aromatic rings. The van der Waals surface area contributed by atoms with E-state index in [1.165, 1.54) is 6.26 Å². The fraction of sp³-hybridized carbons (Fsp3) is 0.333. The average Bonchev–Trinajstić information content (AvgIpc) is 2.00. The van der Waals surface area contributed by atoms with E-state index < -0.39 is 9.84 Å². The summed E-state index contributed by atoms with van der Waals surface area (Å²) in [5.74, 6) is 0.177. The Morgan fingerprint density at radius 2 is 2.08 bits per heavy atom. The van der Waals surface area contributed by atoms with Gasteiger partial charge in [-0.15, -0.1) is 0 Å². The lowest BCUT2D eigenvalue weighted by molar-refractivity contribution is 0.601. The van der Waals surface area contributed by atoms with Crippen molar-refractivity contribution in [2.45, 2.75) is 6.42 Å². The van der Waals surface area contributed by atoms with Crippen molar-refractivity contribution in [1.29, 1.82) is 0 Å². The van der Waals surface area contributed by atoms with E-state index in [-0.39, 0.29) is 5.75 Å². The van der Waals surface area contributed by atoms with E-state index in [0.29, 0.717) is 12.1 Å². The molecule has 1 rings (SSSR count). The van der Waals surface area contributed by atoms with Gasteiger partial charge in [-0.3, -0.25) is 0 Å².